The molecule has 1 rings (SSSR count). The molecule has 1 saturated heterocycles. The topological polar surface area (TPSA) is 32.8 Å². The van der Waals surface area contributed by atoms with Gasteiger partial charge in [-0.3, -0.25) is 9.69 Å². The minimum Gasteiger partial charge on any atom is -0.379 e. The Morgan fingerprint density at radius 3 is 1.89 bits per heavy atom. The highest BCUT2D eigenvalue weighted by atomic mass is 19.4. The summed E-state index contributed by atoms with van der Waals surface area (Å²) in [5, 5.41) is 0. The van der Waals surface area contributed by atoms with Gasteiger partial charge in [0.15, 0.2) is 0 Å². The molecule has 1 aliphatic heterocycles. The van der Waals surface area contributed by atoms with E-state index in [1.165, 1.54) is 0 Å². The molecule has 0 aliphatic carbocycles. The monoisotopic (exact) mass is 418 g/mol. The van der Waals surface area contributed by atoms with Gasteiger partial charge in [0.25, 0.3) is 5.91 Å². The van der Waals surface area contributed by atoms with Crippen LogP contribution in [0.1, 0.15) is 12.8 Å². The number of ether oxygens (including phenoxy) is 1. The molecule has 1 fully saturated rings. The molecule has 0 N–H and O–H groups in total. The molecule has 27 heavy (non-hydrogen) atoms. The molecule has 0 aromatic rings. The fourth-order valence-corrected chi connectivity index (χ4v) is 2.36. The smallest absolute Gasteiger partial charge is 0.379 e. The molecule has 0 saturated carbocycles. The molecule has 160 valence electrons. The van der Waals surface area contributed by atoms with Gasteiger partial charge in [0.05, 0.1) is 19.6 Å². The molecule has 0 aromatic carbocycles. The Bertz CT molecular complexity index is 505. The molecule has 13 heteroatoms. The highest BCUT2D eigenvalue weighted by Crippen LogP contribution is 2.47. The lowest BCUT2D eigenvalue weighted by Crippen LogP contribution is -2.52. The highest BCUT2D eigenvalue weighted by molar-refractivity contribution is 5.83. The third-order valence-corrected chi connectivity index (χ3v) is 3.92. The Kier molecular flexibility index (Phi) is 7.42. The molecule has 0 spiro atoms. The van der Waals surface area contributed by atoms with Crippen LogP contribution in [0, 0.1) is 0 Å². The number of carbonyl (C=O) groups excluding carboxylic acids is 1. The van der Waals surface area contributed by atoms with Crippen molar-refractivity contribution in [3.63, 3.8) is 0 Å². The van der Waals surface area contributed by atoms with Crippen molar-refractivity contribution in [2.24, 2.45) is 0 Å². The molecule has 4 nitrogen and oxygen atoms in total. The molecular formula is C14H19F9N2O2. The quantitative estimate of drug-likeness (QED) is 0.569. The SMILES string of the molecule is CN(CCN1CCOCC1)C(=O)C(F)(F)CC(F)(F)C(F)(F)CC(F)(F)F. The molecule has 1 aliphatic rings. The fourth-order valence-electron chi connectivity index (χ4n) is 2.36. The van der Waals surface area contributed by atoms with Crippen molar-refractivity contribution >= 4 is 5.91 Å². The summed E-state index contributed by atoms with van der Waals surface area (Å²) in [4.78, 5) is 13.8. The number of carbonyl (C=O) groups is 1. The second kappa shape index (κ2) is 8.41. The van der Waals surface area contributed by atoms with Gasteiger partial charge in [-0.2, -0.15) is 39.5 Å². The summed E-state index contributed by atoms with van der Waals surface area (Å²) in [7, 11) is 0.864. The first-order valence-electron chi connectivity index (χ1n) is 7.83. The predicted octanol–water partition coefficient (Wildman–Crippen LogP) is 3.03. The van der Waals surface area contributed by atoms with Crippen molar-refractivity contribution < 1.29 is 49.0 Å². The van der Waals surface area contributed by atoms with Gasteiger partial charge < -0.3 is 9.64 Å². The van der Waals surface area contributed by atoms with E-state index in [0.717, 1.165) is 7.05 Å². The zero-order valence-corrected chi connectivity index (χ0v) is 14.3. The predicted molar refractivity (Wildman–Crippen MR) is 75.0 cm³/mol. The number of halogens is 9. The molecule has 0 unspecified atom stereocenters. The van der Waals surface area contributed by atoms with E-state index < -0.39 is 42.7 Å². The highest BCUT2D eigenvalue weighted by Gasteiger charge is 2.65. The van der Waals surface area contributed by atoms with E-state index in [1.54, 1.807) is 4.90 Å². The largest absolute Gasteiger partial charge is 0.395 e. The van der Waals surface area contributed by atoms with Crippen LogP contribution >= 0.6 is 0 Å². The zero-order valence-electron chi connectivity index (χ0n) is 14.3. The second-order valence-corrected chi connectivity index (χ2v) is 6.26. The zero-order chi connectivity index (χ0) is 21.1. The van der Waals surface area contributed by atoms with Crippen LogP contribution in [0.15, 0.2) is 0 Å². The molecule has 0 radical (unpaired) electrons. The van der Waals surface area contributed by atoms with E-state index in [1.807, 2.05) is 0 Å². The van der Waals surface area contributed by atoms with Crippen LogP contribution in [-0.4, -0.2) is 86.1 Å². The van der Waals surface area contributed by atoms with Crippen LogP contribution in [0.4, 0.5) is 39.5 Å². The maximum atomic E-state index is 13.8. The minimum atomic E-state index is -5.78. The van der Waals surface area contributed by atoms with Crippen LogP contribution < -0.4 is 0 Å². The fraction of sp³-hybridized carbons (Fsp3) is 0.929. The van der Waals surface area contributed by atoms with E-state index in [-0.39, 0.29) is 13.1 Å². The van der Waals surface area contributed by atoms with E-state index >= 15 is 0 Å². The lowest BCUT2D eigenvalue weighted by molar-refractivity contribution is -0.278. The number of hydrogen-bond donors (Lipinski definition) is 0. The Balaban J connectivity index is 2.71. The van der Waals surface area contributed by atoms with Crippen molar-refractivity contribution in [1.82, 2.24) is 9.80 Å². The second-order valence-electron chi connectivity index (χ2n) is 6.26. The first-order chi connectivity index (χ1) is 12.1. The molecule has 0 aromatic heterocycles. The van der Waals surface area contributed by atoms with Gasteiger partial charge in [-0.05, 0) is 0 Å². The van der Waals surface area contributed by atoms with Crippen LogP contribution in [0.2, 0.25) is 0 Å². The summed E-state index contributed by atoms with van der Waals surface area (Å²) in [5.41, 5.74) is 0. The third-order valence-electron chi connectivity index (χ3n) is 3.92. The summed E-state index contributed by atoms with van der Waals surface area (Å²) in [5.74, 6) is -18.6. The van der Waals surface area contributed by atoms with Crippen LogP contribution in [-0.2, 0) is 9.53 Å². The van der Waals surface area contributed by atoms with E-state index in [4.69, 9.17) is 4.74 Å². The van der Waals surface area contributed by atoms with E-state index in [0.29, 0.717) is 31.2 Å². The molecule has 0 atom stereocenters. The Morgan fingerprint density at radius 2 is 1.41 bits per heavy atom. The van der Waals surface area contributed by atoms with Crippen LogP contribution in [0.5, 0.6) is 0 Å². The van der Waals surface area contributed by atoms with Gasteiger partial charge in [0.1, 0.15) is 6.42 Å². The minimum absolute atomic E-state index is 0.113. The molecule has 1 heterocycles. The molecule has 0 bridgehead atoms. The Morgan fingerprint density at radius 1 is 0.926 bits per heavy atom. The van der Waals surface area contributed by atoms with Gasteiger partial charge >= 0.3 is 23.9 Å². The van der Waals surface area contributed by atoms with E-state index in [2.05, 4.69) is 0 Å². The van der Waals surface area contributed by atoms with Crippen molar-refractivity contribution in [3.05, 3.63) is 0 Å². The first kappa shape index (κ1) is 23.8. The van der Waals surface area contributed by atoms with Crippen molar-refractivity contribution in [2.75, 3.05) is 46.4 Å². The van der Waals surface area contributed by atoms with Crippen molar-refractivity contribution in [1.29, 1.82) is 0 Å². The van der Waals surface area contributed by atoms with Crippen molar-refractivity contribution in [2.45, 2.75) is 36.8 Å². The van der Waals surface area contributed by atoms with Crippen molar-refractivity contribution in [3.8, 4) is 0 Å². The van der Waals surface area contributed by atoms with Gasteiger partial charge in [0, 0.05) is 33.2 Å². The maximum Gasteiger partial charge on any atom is 0.395 e. The van der Waals surface area contributed by atoms with Crippen LogP contribution in [0.25, 0.3) is 0 Å². The Hall–Kier alpha value is -1.24. The summed E-state index contributed by atoms with van der Waals surface area (Å²) in [6.45, 7) is 1.49. The number of nitrogens with zero attached hydrogens (tertiary/aromatic N) is 2. The number of hydrogen-bond acceptors (Lipinski definition) is 3. The normalized spacial score (nSPS) is 17.9. The average molecular weight is 418 g/mol. The Labute approximate surface area is 149 Å². The first-order valence-corrected chi connectivity index (χ1v) is 7.83. The van der Waals surface area contributed by atoms with Gasteiger partial charge in [-0.15, -0.1) is 0 Å². The summed E-state index contributed by atoms with van der Waals surface area (Å²) < 4.78 is 122. The third kappa shape index (κ3) is 7.01. The summed E-state index contributed by atoms with van der Waals surface area (Å²) in [6.07, 6.45) is -12.0. The van der Waals surface area contributed by atoms with Gasteiger partial charge in [-0.25, -0.2) is 0 Å². The van der Waals surface area contributed by atoms with Crippen LogP contribution in [0.3, 0.4) is 0 Å². The summed E-state index contributed by atoms with van der Waals surface area (Å²) in [6, 6.07) is 0. The summed E-state index contributed by atoms with van der Waals surface area (Å²) >= 11 is 0. The maximum absolute atomic E-state index is 13.8. The number of morpholine rings is 1. The molecular weight excluding hydrogens is 399 g/mol. The van der Waals surface area contributed by atoms with E-state index in [9.17, 15) is 44.3 Å². The number of rotatable bonds is 8. The number of likely N-dealkylation sites (N-methyl/N-ethyl adjacent to an activating group) is 1. The lowest BCUT2D eigenvalue weighted by atomic mass is 10.00. The standard InChI is InChI=1S/C14H19F9N2O2/c1-24(2-3-25-4-6-27-7-5-25)10(26)11(15,16)8-12(17,18)13(19,20)9-14(21,22)23/h2-9H2,1H3. The number of amides is 1. The van der Waals surface area contributed by atoms with Gasteiger partial charge in [-0.1, -0.05) is 0 Å². The average Bonchev–Trinajstić information content (AvgIpc) is 2.49. The lowest BCUT2D eigenvalue weighted by Gasteiger charge is -2.32. The molecule has 1 amide bonds. The number of alkyl halides is 9. The van der Waals surface area contributed by atoms with Gasteiger partial charge in [0.2, 0.25) is 0 Å².